The van der Waals surface area contributed by atoms with Crippen LogP contribution in [0.3, 0.4) is 0 Å². The van der Waals surface area contributed by atoms with E-state index in [1.54, 1.807) is 76.1 Å². The topological polar surface area (TPSA) is 322 Å². The van der Waals surface area contributed by atoms with Crippen molar-refractivity contribution in [2.24, 2.45) is 5.73 Å². The van der Waals surface area contributed by atoms with Gasteiger partial charge in [-0.2, -0.15) is 5.26 Å². The molecule has 10 aromatic heterocycles. The Balaban J connectivity index is 0.000000115. The molecule has 10 aromatic rings. The van der Waals surface area contributed by atoms with Gasteiger partial charge in [-0.05, 0) is 353 Å². The van der Waals surface area contributed by atoms with Gasteiger partial charge in [-0.15, -0.1) is 56.7 Å². The molecule has 1 amide bonds. The number of anilines is 5. The second kappa shape index (κ2) is 43.6. The van der Waals surface area contributed by atoms with Crippen molar-refractivity contribution >= 4 is 149 Å². The van der Waals surface area contributed by atoms with Crippen LogP contribution >= 0.6 is 56.7 Å². The Morgan fingerprint density at radius 2 is 0.649 bits per heavy atom. The number of rotatable bonds is 24. The predicted molar refractivity (Wildman–Crippen MR) is 537 cm³/mol. The summed E-state index contributed by atoms with van der Waals surface area (Å²) in [6.45, 7) is 4.04. The number of aliphatic hydroxyl groups excluding tert-OH is 1. The number of aryl methyl sites for hydroxylation is 5. The van der Waals surface area contributed by atoms with Crippen molar-refractivity contribution < 1.29 is 19.4 Å². The molecule has 32 heteroatoms. The van der Waals surface area contributed by atoms with Crippen molar-refractivity contribution in [3.8, 4) is 6.07 Å². The number of hydrogen-bond donors (Lipinski definition) is 7. The molecule has 1 aliphatic heterocycles. The smallest absolute Gasteiger partial charge is 0.306 e. The molecule has 1 saturated heterocycles. The van der Waals surface area contributed by atoms with E-state index >= 15 is 0 Å². The lowest BCUT2D eigenvalue weighted by Crippen LogP contribution is -2.36. The minimum Gasteiger partial charge on any atom is -0.469 e. The molecule has 0 spiro atoms. The monoisotopic (exact) mass is 1880 g/mol. The van der Waals surface area contributed by atoms with Gasteiger partial charge < -0.3 is 71.6 Å². The lowest BCUT2D eigenvalue weighted by molar-refractivity contribution is -0.141. The average molecular weight is 1880 g/mol. The second-order valence-electron chi connectivity index (χ2n) is 40.3. The number of hydrogen-bond acceptors (Lipinski definition) is 31. The van der Waals surface area contributed by atoms with Gasteiger partial charge in [-0.1, -0.05) is 0 Å². The molecule has 11 aliphatic rings. The Kier molecular flexibility index (Phi) is 31.6. The predicted octanol–water partition coefficient (Wildman–Crippen LogP) is 17.9. The van der Waals surface area contributed by atoms with Crippen LogP contribution < -0.4 is 32.3 Å². The fourth-order valence-electron chi connectivity index (χ4n) is 23.7. The fraction of sp³-hybridized carbons (Fsp3) is 0.667. The van der Waals surface area contributed by atoms with Crippen LogP contribution in [-0.4, -0.2) is 260 Å². The van der Waals surface area contributed by atoms with Crippen molar-refractivity contribution in [3.05, 3.63) is 83.8 Å². The molecule has 5 saturated carbocycles. The Morgan fingerprint density at radius 3 is 0.924 bits per heavy atom. The molecule has 21 rings (SSSR count). The standard InChI is InChI=1S/C22H33N5S.C20H28N4O2S.C19H27N5OS.C19H25N5S.C19H28N4OS/c1-26(2)17-8-6-16(7-9-17)25-21-20-19-15(13-27-11-3-4-12-27)5-10-18(19)28-22(20)24-14-23-21;1-24(2)14-7-5-13(6-8-14)23-19-18-17-12(10-16(25)26-3)4-9-15(17)27-20(18)22-11-21-19;1-24(2)13-6-4-12(5-7-13)23-18-17-16-11(9-15(20)25)3-8-14(16)26-19(17)22-10-21-18;1-24(2)14-6-4-13(5-7-14)23-18-17-16-12(9-10-20)3-8-15(16)25-19(17)22-11-21-18;1-23(2)14-6-4-13(5-7-14)22-18-17-16-12(9-10-24)3-8-15(16)25-19(17)21-11-20-18/h14-17H,3-13H2,1-2H3,(H,23,24,25);11-14H,4-10H2,1-3H3,(H,21,22,23);10-13H,3-9H2,1-2H3,(H2,20,25)(H,21,22,23);11-14H,3-9H2,1-2H3,(H,21,22,23);11-14,24H,3-10H2,1-2H3,(H,20,21,22). The summed E-state index contributed by atoms with van der Waals surface area (Å²) < 4.78 is 4.91. The number of primary amides is 1. The molecular formula is C99H141N23O4S5. The summed E-state index contributed by atoms with van der Waals surface area (Å²) in [6.07, 6.45) is 48.7. The first-order valence-corrected chi connectivity index (χ1v) is 53.2. The molecule has 131 heavy (non-hydrogen) atoms. The van der Waals surface area contributed by atoms with Crippen LogP contribution in [0, 0.1) is 11.3 Å². The Morgan fingerprint density at radius 1 is 0.389 bits per heavy atom. The molecule has 0 bridgehead atoms. The molecule has 0 radical (unpaired) electrons. The number of nitrogens with one attached hydrogen (secondary N) is 5. The molecular weight excluding hydrogens is 1740 g/mol. The first kappa shape index (κ1) is 95.1. The second-order valence-corrected chi connectivity index (χ2v) is 45.7. The third-order valence-electron chi connectivity index (χ3n) is 31.1. The molecule has 6 fully saturated rings. The number of fused-ring (bicyclic) bond motifs is 15. The summed E-state index contributed by atoms with van der Waals surface area (Å²) >= 11 is 9.02. The van der Waals surface area contributed by atoms with Crippen LogP contribution in [0.5, 0.6) is 0 Å². The molecule has 8 N–H and O–H groups in total. The summed E-state index contributed by atoms with van der Waals surface area (Å²) in [5.74, 6) is 6.54. The molecule has 5 unspecified atom stereocenters. The number of amides is 1. The van der Waals surface area contributed by atoms with E-state index in [-0.39, 0.29) is 30.3 Å². The summed E-state index contributed by atoms with van der Waals surface area (Å²) in [4.78, 5) is 96.1. The SMILES string of the molecule is CN(C)C1CCC(Nc2ncnc3sc4c(c23)C(CC#N)CC4)CC1.CN(C)C1CCC(Nc2ncnc3sc4c(c23)C(CC(N)=O)CC4)CC1.CN(C)C1CCC(Nc2ncnc3sc4c(c23)C(CCO)CC4)CC1.CN(C)C1CCC(Nc2ncnc3sc4c(c23)C(CN2CCCC2)CC4)CC1.COC(=O)CC1CCc2sc3ncnc(NC4CCC(N(C)C)CC4)c3c21. The largest absolute Gasteiger partial charge is 0.469 e. The maximum atomic E-state index is 11.9. The number of carbonyl (C=O) groups is 2. The number of aromatic nitrogens is 10. The van der Waals surface area contributed by atoms with Gasteiger partial charge in [0.1, 0.15) is 84.9 Å². The Hall–Kier alpha value is -7.65. The number of ether oxygens (including phenoxy) is 1. The van der Waals surface area contributed by atoms with Crippen molar-refractivity contribution in [1.82, 2.24) is 79.2 Å². The van der Waals surface area contributed by atoms with Gasteiger partial charge in [-0.3, -0.25) is 9.59 Å². The minimum absolute atomic E-state index is 0.138. The van der Waals surface area contributed by atoms with Crippen LogP contribution in [0.15, 0.2) is 31.6 Å². The zero-order valence-corrected chi connectivity index (χ0v) is 83.3. The molecule has 0 aromatic carbocycles. The summed E-state index contributed by atoms with van der Waals surface area (Å²) in [5, 5.41) is 43.3. The highest BCUT2D eigenvalue weighted by atomic mass is 32.1. The molecule has 10 aliphatic carbocycles. The third kappa shape index (κ3) is 21.9. The average Bonchev–Trinajstić information content (AvgIpc) is 1.64. The molecule has 706 valence electrons. The van der Waals surface area contributed by atoms with Gasteiger partial charge in [0.2, 0.25) is 5.91 Å². The van der Waals surface area contributed by atoms with Crippen molar-refractivity contribution in [1.29, 1.82) is 5.26 Å². The molecule has 5 atom stereocenters. The minimum atomic E-state index is -0.226. The fourth-order valence-corrected chi connectivity index (χ4v) is 29.9. The van der Waals surface area contributed by atoms with Crippen LogP contribution in [0.4, 0.5) is 29.1 Å². The highest BCUT2D eigenvalue weighted by Gasteiger charge is 2.39. The number of aliphatic hydroxyl groups is 1. The highest BCUT2D eigenvalue weighted by molar-refractivity contribution is 7.20. The number of nitrogens with two attached hydrogens (primary N) is 1. The number of carbonyl (C=O) groups excluding carboxylic acids is 2. The van der Waals surface area contributed by atoms with Crippen LogP contribution in [-0.2, 0) is 46.4 Å². The van der Waals surface area contributed by atoms with Gasteiger partial charge >= 0.3 is 5.97 Å². The van der Waals surface area contributed by atoms with E-state index in [0.29, 0.717) is 91.4 Å². The van der Waals surface area contributed by atoms with Gasteiger partial charge in [0.05, 0.1) is 46.5 Å². The van der Waals surface area contributed by atoms with Gasteiger partial charge in [0.25, 0.3) is 0 Å². The normalized spacial score (nSPS) is 26.2. The number of esters is 1. The molecule has 11 heterocycles. The first-order valence-electron chi connectivity index (χ1n) is 49.1. The van der Waals surface area contributed by atoms with Crippen LogP contribution in [0.25, 0.3) is 51.1 Å². The van der Waals surface area contributed by atoms with Crippen LogP contribution in [0.2, 0.25) is 0 Å². The number of likely N-dealkylation sites (tertiary alicyclic amines) is 1. The zero-order chi connectivity index (χ0) is 91.1. The maximum absolute atomic E-state index is 11.9. The quantitative estimate of drug-likeness (QED) is 0.0276. The first-order chi connectivity index (χ1) is 63.6. The van der Waals surface area contributed by atoms with E-state index in [1.165, 1.54) is 218 Å². The third-order valence-corrected chi connectivity index (χ3v) is 36.9. The van der Waals surface area contributed by atoms with E-state index in [9.17, 15) is 14.7 Å². The number of nitrogens with zero attached hydrogens (tertiary/aromatic N) is 17. The molecule has 27 nitrogen and oxygen atoms in total. The van der Waals surface area contributed by atoms with E-state index in [1.807, 2.05) is 22.7 Å². The van der Waals surface area contributed by atoms with E-state index in [2.05, 4.69) is 177 Å². The van der Waals surface area contributed by atoms with E-state index < -0.39 is 0 Å². The summed E-state index contributed by atoms with van der Waals surface area (Å²) in [6, 6.07) is 8.32. The van der Waals surface area contributed by atoms with Crippen molar-refractivity contribution in [3.63, 3.8) is 0 Å². The summed E-state index contributed by atoms with van der Waals surface area (Å²) in [7, 11) is 23.3. The van der Waals surface area contributed by atoms with Crippen molar-refractivity contribution in [2.45, 2.75) is 321 Å². The Labute approximate surface area is 794 Å². The van der Waals surface area contributed by atoms with E-state index in [4.69, 9.17) is 20.7 Å². The van der Waals surface area contributed by atoms with Gasteiger partial charge in [-0.25, -0.2) is 49.8 Å². The number of methoxy groups -OCH3 is 1. The highest BCUT2D eigenvalue weighted by Crippen LogP contribution is 2.53. The van der Waals surface area contributed by atoms with E-state index in [0.717, 1.165) is 149 Å². The maximum Gasteiger partial charge on any atom is 0.306 e. The van der Waals surface area contributed by atoms with Gasteiger partial charge in [0.15, 0.2) is 0 Å². The zero-order valence-electron chi connectivity index (χ0n) is 79.2. The summed E-state index contributed by atoms with van der Waals surface area (Å²) in [5.41, 5.74) is 12.4. The lowest BCUT2D eigenvalue weighted by Gasteiger charge is -2.33. The van der Waals surface area contributed by atoms with Gasteiger partial charge in [0, 0.05) is 111 Å². The number of thiophene rings is 5. The van der Waals surface area contributed by atoms with Crippen molar-refractivity contribution in [2.75, 3.05) is 130 Å². The lowest BCUT2D eigenvalue weighted by atomic mass is 9.90. The van der Waals surface area contributed by atoms with Crippen LogP contribution in [0.1, 0.15) is 281 Å². The Bertz CT molecular complexity index is 5560. The number of nitriles is 1.